The van der Waals surface area contributed by atoms with Crippen molar-refractivity contribution >= 4 is 17.7 Å². The predicted octanol–water partition coefficient (Wildman–Crippen LogP) is 3.51. The van der Waals surface area contributed by atoms with Crippen molar-refractivity contribution in [2.24, 2.45) is 0 Å². The SMILES string of the molecule is CCOc1ccccc1-n1nnnc1SCC(=O)N(C)C(C)c1ccc(F)cc1. The number of carbonyl (C=O) groups is 1. The topological polar surface area (TPSA) is 73.1 Å². The molecule has 0 radical (unpaired) electrons. The fourth-order valence-corrected chi connectivity index (χ4v) is 3.55. The first-order valence-electron chi connectivity index (χ1n) is 9.15. The van der Waals surface area contributed by atoms with Crippen LogP contribution in [0.2, 0.25) is 0 Å². The Hall–Kier alpha value is -2.94. The number of rotatable bonds is 8. The fourth-order valence-electron chi connectivity index (χ4n) is 2.74. The Labute approximate surface area is 172 Å². The molecular formula is C20H22FN5O2S. The molecule has 0 spiro atoms. The van der Waals surface area contributed by atoms with E-state index in [2.05, 4.69) is 15.5 Å². The maximum atomic E-state index is 13.1. The van der Waals surface area contributed by atoms with Gasteiger partial charge in [-0.25, -0.2) is 4.39 Å². The molecule has 0 N–H and O–H groups in total. The zero-order valence-electron chi connectivity index (χ0n) is 16.4. The van der Waals surface area contributed by atoms with E-state index in [1.54, 1.807) is 28.8 Å². The fraction of sp³-hybridized carbons (Fsp3) is 0.300. The van der Waals surface area contributed by atoms with E-state index >= 15 is 0 Å². The van der Waals surface area contributed by atoms with E-state index in [-0.39, 0.29) is 23.5 Å². The van der Waals surface area contributed by atoms with Gasteiger partial charge in [0.15, 0.2) is 0 Å². The number of ether oxygens (including phenoxy) is 1. The third-order valence-corrected chi connectivity index (χ3v) is 5.39. The Morgan fingerprint density at radius 3 is 2.69 bits per heavy atom. The molecule has 0 saturated carbocycles. The lowest BCUT2D eigenvalue weighted by atomic mass is 10.1. The molecule has 0 fully saturated rings. The first-order valence-corrected chi connectivity index (χ1v) is 10.1. The quantitative estimate of drug-likeness (QED) is 0.524. The molecule has 1 aromatic heterocycles. The average molecular weight is 415 g/mol. The van der Waals surface area contributed by atoms with Gasteiger partial charge in [-0.3, -0.25) is 4.79 Å². The summed E-state index contributed by atoms with van der Waals surface area (Å²) in [4.78, 5) is 14.3. The van der Waals surface area contributed by atoms with Crippen molar-refractivity contribution in [2.75, 3.05) is 19.4 Å². The Bertz CT molecular complexity index is 964. The minimum Gasteiger partial charge on any atom is -0.492 e. The number of amides is 1. The first-order chi connectivity index (χ1) is 14.0. The highest BCUT2D eigenvalue weighted by Gasteiger charge is 2.20. The molecule has 0 aliphatic heterocycles. The normalized spacial score (nSPS) is 11.9. The summed E-state index contributed by atoms with van der Waals surface area (Å²) in [6.07, 6.45) is 0. The smallest absolute Gasteiger partial charge is 0.233 e. The zero-order chi connectivity index (χ0) is 20.8. The van der Waals surface area contributed by atoms with Gasteiger partial charge in [-0.1, -0.05) is 36.0 Å². The van der Waals surface area contributed by atoms with Crippen LogP contribution in [0.25, 0.3) is 5.69 Å². The number of halogens is 1. The molecule has 0 aliphatic rings. The van der Waals surface area contributed by atoms with Gasteiger partial charge in [0.1, 0.15) is 17.3 Å². The first kappa shape index (κ1) is 20.8. The minimum atomic E-state index is -0.301. The lowest BCUT2D eigenvalue weighted by molar-refractivity contribution is -0.128. The van der Waals surface area contributed by atoms with Gasteiger partial charge in [-0.05, 0) is 54.1 Å². The second kappa shape index (κ2) is 9.51. The summed E-state index contributed by atoms with van der Waals surface area (Å²) >= 11 is 1.25. The molecule has 1 atom stereocenters. The molecule has 7 nitrogen and oxygen atoms in total. The standard InChI is InChI=1S/C20H22FN5O2S/c1-4-28-18-8-6-5-7-17(18)26-20(22-23-24-26)29-13-19(27)25(3)14(2)15-9-11-16(21)12-10-15/h5-12,14H,4,13H2,1-3H3. The zero-order valence-corrected chi connectivity index (χ0v) is 17.3. The van der Waals surface area contributed by atoms with E-state index in [4.69, 9.17) is 4.74 Å². The maximum absolute atomic E-state index is 13.1. The van der Waals surface area contributed by atoms with E-state index in [1.807, 2.05) is 38.1 Å². The lowest BCUT2D eigenvalue weighted by Crippen LogP contribution is -2.31. The highest BCUT2D eigenvalue weighted by molar-refractivity contribution is 7.99. The van der Waals surface area contributed by atoms with Crippen LogP contribution in [0.4, 0.5) is 4.39 Å². The van der Waals surface area contributed by atoms with Gasteiger partial charge in [-0.2, -0.15) is 4.68 Å². The molecule has 0 saturated heterocycles. The van der Waals surface area contributed by atoms with Crippen molar-refractivity contribution in [1.82, 2.24) is 25.1 Å². The highest BCUT2D eigenvalue weighted by atomic mass is 32.2. The van der Waals surface area contributed by atoms with Crippen LogP contribution in [0.15, 0.2) is 53.7 Å². The molecule has 0 aliphatic carbocycles. The van der Waals surface area contributed by atoms with Crippen LogP contribution in [0.3, 0.4) is 0 Å². The van der Waals surface area contributed by atoms with E-state index in [1.165, 1.54) is 23.9 Å². The lowest BCUT2D eigenvalue weighted by Gasteiger charge is -2.25. The molecule has 29 heavy (non-hydrogen) atoms. The summed E-state index contributed by atoms with van der Waals surface area (Å²) in [5.41, 5.74) is 1.57. The number of benzene rings is 2. The second-order valence-electron chi connectivity index (χ2n) is 6.29. The van der Waals surface area contributed by atoms with Gasteiger partial charge in [0.25, 0.3) is 0 Å². The summed E-state index contributed by atoms with van der Waals surface area (Å²) in [7, 11) is 1.73. The van der Waals surface area contributed by atoms with Crippen LogP contribution in [-0.2, 0) is 4.79 Å². The van der Waals surface area contributed by atoms with Crippen LogP contribution in [0.5, 0.6) is 5.75 Å². The molecule has 2 aromatic carbocycles. The monoisotopic (exact) mass is 415 g/mol. The van der Waals surface area contributed by atoms with Crippen molar-refractivity contribution in [3.8, 4) is 11.4 Å². The molecule has 1 amide bonds. The van der Waals surface area contributed by atoms with Gasteiger partial charge < -0.3 is 9.64 Å². The summed E-state index contributed by atoms with van der Waals surface area (Å²) in [6, 6.07) is 13.4. The number of aromatic nitrogens is 4. The van der Waals surface area contributed by atoms with Crippen LogP contribution in [0, 0.1) is 5.82 Å². The largest absolute Gasteiger partial charge is 0.492 e. The number of tetrazole rings is 1. The molecule has 1 heterocycles. The van der Waals surface area contributed by atoms with Crippen LogP contribution < -0.4 is 4.74 Å². The van der Waals surface area contributed by atoms with Crippen LogP contribution in [0.1, 0.15) is 25.5 Å². The Kier molecular flexibility index (Phi) is 6.82. The van der Waals surface area contributed by atoms with Crippen molar-refractivity contribution in [3.05, 3.63) is 59.9 Å². The molecule has 0 bridgehead atoms. The Morgan fingerprint density at radius 1 is 1.24 bits per heavy atom. The van der Waals surface area contributed by atoms with E-state index in [0.29, 0.717) is 23.2 Å². The van der Waals surface area contributed by atoms with Crippen molar-refractivity contribution in [2.45, 2.75) is 25.0 Å². The second-order valence-corrected chi connectivity index (χ2v) is 7.24. The van der Waals surface area contributed by atoms with Crippen molar-refractivity contribution in [1.29, 1.82) is 0 Å². The molecule has 3 rings (SSSR count). The Balaban J connectivity index is 1.69. The Morgan fingerprint density at radius 2 is 1.97 bits per heavy atom. The maximum Gasteiger partial charge on any atom is 0.233 e. The summed E-state index contributed by atoms with van der Waals surface area (Å²) in [5.74, 6) is 0.445. The molecule has 9 heteroatoms. The number of carbonyl (C=O) groups excluding carboxylic acids is 1. The minimum absolute atomic E-state index is 0.0838. The van der Waals surface area contributed by atoms with Crippen molar-refractivity contribution < 1.29 is 13.9 Å². The third-order valence-electron chi connectivity index (χ3n) is 4.49. The molecule has 1 unspecified atom stereocenters. The van der Waals surface area contributed by atoms with Crippen LogP contribution in [-0.4, -0.2) is 50.4 Å². The highest BCUT2D eigenvalue weighted by Crippen LogP contribution is 2.27. The van der Waals surface area contributed by atoms with E-state index in [9.17, 15) is 9.18 Å². The summed E-state index contributed by atoms with van der Waals surface area (Å²) in [6.45, 7) is 4.33. The van der Waals surface area contributed by atoms with Gasteiger partial charge in [0.05, 0.1) is 18.4 Å². The number of nitrogens with zero attached hydrogens (tertiary/aromatic N) is 5. The van der Waals surface area contributed by atoms with Gasteiger partial charge in [0, 0.05) is 7.05 Å². The number of para-hydroxylation sites is 2. The van der Waals surface area contributed by atoms with E-state index in [0.717, 1.165) is 5.56 Å². The van der Waals surface area contributed by atoms with Crippen LogP contribution >= 0.6 is 11.8 Å². The molecule has 3 aromatic rings. The summed E-state index contributed by atoms with van der Waals surface area (Å²) in [5, 5.41) is 12.3. The summed E-state index contributed by atoms with van der Waals surface area (Å²) < 4.78 is 20.3. The van der Waals surface area contributed by atoms with Gasteiger partial charge >= 0.3 is 0 Å². The third kappa shape index (κ3) is 4.92. The number of hydrogen-bond acceptors (Lipinski definition) is 6. The van der Waals surface area contributed by atoms with Gasteiger partial charge in [-0.15, -0.1) is 5.10 Å². The number of thioether (sulfide) groups is 1. The van der Waals surface area contributed by atoms with Gasteiger partial charge in [0.2, 0.25) is 11.1 Å². The van der Waals surface area contributed by atoms with E-state index < -0.39 is 0 Å². The molecule has 152 valence electrons. The average Bonchev–Trinajstić information content (AvgIpc) is 3.20. The number of hydrogen-bond donors (Lipinski definition) is 0. The van der Waals surface area contributed by atoms with Crippen molar-refractivity contribution in [3.63, 3.8) is 0 Å². The molecular weight excluding hydrogens is 393 g/mol. The predicted molar refractivity (Wildman–Crippen MR) is 109 cm³/mol.